The Bertz CT molecular complexity index is 903. The van der Waals surface area contributed by atoms with Crippen LogP contribution in [-0.4, -0.2) is 45.0 Å². The minimum Gasteiger partial charge on any atom is -0.335 e. The predicted octanol–water partition coefficient (Wildman–Crippen LogP) is 2.12. The van der Waals surface area contributed by atoms with E-state index in [1.807, 2.05) is 32.0 Å². The van der Waals surface area contributed by atoms with Crippen LogP contribution in [0.25, 0.3) is 0 Å². The molecular weight excluding hydrogens is 350 g/mol. The number of benzene rings is 1. The smallest absolute Gasteiger partial charge is 0.312 e. The first-order chi connectivity index (χ1) is 12.6. The Morgan fingerprint density at radius 3 is 2.52 bits per heavy atom. The number of hydrogen-bond donors (Lipinski definition) is 1. The van der Waals surface area contributed by atoms with Gasteiger partial charge in [-0.2, -0.15) is 5.10 Å². The normalized spacial score (nSPS) is 10.6. The van der Waals surface area contributed by atoms with E-state index in [-0.39, 0.29) is 36.3 Å². The standard InChI is InChI=1S/C18H23N5O4/c1-11-6-7-12(2)15(8-11)19-16(24)9-21(5)17(25)10-22-14(4)18(23(26)27)13(3)20-22/h6-8H,9-10H2,1-5H3,(H,19,24). The van der Waals surface area contributed by atoms with E-state index in [2.05, 4.69) is 10.4 Å². The Morgan fingerprint density at radius 1 is 1.26 bits per heavy atom. The Labute approximate surface area is 157 Å². The average Bonchev–Trinajstić information content (AvgIpc) is 2.84. The average molecular weight is 373 g/mol. The van der Waals surface area contributed by atoms with E-state index >= 15 is 0 Å². The molecule has 2 aromatic rings. The van der Waals surface area contributed by atoms with Crippen molar-refractivity contribution in [3.8, 4) is 0 Å². The van der Waals surface area contributed by atoms with Gasteiger partial charge in [-0.25, -0.2) is 0 Å². The molecule has 0 saturated heterocycles. The van der Waals surface area contributed by atoms with Gasteiger partial charge >= 0.3 is 5.69 Å². The van der Waals surface area contributed by atoms with Crippen LogP contribution in [0.2, 0.25) is 0 Å². The summed E-state index contributed by atoms with van der Waals surface area (Å²) in [6.07, 6.45) is 0. The second kappa shape index (κ2) is 7.98. The van der Waals surface area contributed by atoms with Gasteiger partial charge in [0.15, 0.2) is 0 Å². The quantitative estimate of drug-likeness (QED) is 0.616. The van der Waals surface area contributed by atoms with Gasteiger partial charge in [0.1, 0.15) is 17.9 Å². The molecule has 0 fully saturated rings. The molecule has 0 radical (unpaired) electrons. The number of carbonyl (C=O) groups is 2. The Hall–Kier alpha value is -3.23. The van der Waals surface area contributed by atoms with E-state index in [1.54, 1.807) is 6.92 Å². The van der Waals surface area contributed by atoms with E-state index in [0.29, 0.717) is 11.4 Å². The molecule has 27 heavy (non-hydrogen) atoms. The predicted molar refractivity (Wildman–Crippen MR) is 101 cm³/mol. The van der Waals surface area contributed by atoms with Crippen molar-refractivity contribution in [3.63, 3.8) is 0 Å². The lowest BCUT2D eigenvalue weighted by molar-refractivity contribution is -0.386. The second-order valence-corrected chi connectivity index (χ2v) is 6.55. The summed E-state index contributed by atoms with van der Waals surface area (Å²) in [5.41, 5.74) is 3.11. The summed E-state index contributed by atoms with van der Waals surface area (Å²) in [5, 5.41) is 17.9. The molecule has 1 heterocycles. The van der Waals surface area contributed by atoms with Gasteiger partial charge in [0.25, 0.3) is 0 Å². The molecule has 1 aromatic carbocycles. The summed E-state index contributed by atoms with van der Waals surface area (Å²) < 4.78 is 1.29. The summed E-state index contributed by atoms with van der Waals surface area (Å²) >= 11 is 0. The van der Waals surface area contributed by atoms with Crippen LogP contribution >= 0.6 is 0 Å². The number of nitrogens with one attached hydrogen (secondary N) is 1. The number of anilines is 1. The molecular formula is C18H23N5O4. The zero-order chi connectivity index (χ0) is 20.3. The maximum atomic E-state index is 12.4. The van der Waals surface area contributed by atoms with Crippen molar-refractivity contribution in [2.24, 2.45) is 0 Å². The summed E-state index contributed by atoms with van der Waals surface area (Å²) in [6, 6.07) is 5.73. The summed E-state index contributed by atoms with van der Waals surface area (Å²) in [5.74, 6) is -0.689. The molecule has 0 spiro atoms. The van der Waals surface area contributed by atoms with Crippen LogP contribution in [0.5, 0.6) is 0 Å². The number of hydrogen-bond acceptors (Lipinski definition) is 5. The van der Waals surface area contributed by atoms with Gasteiger partial charge in [-0.1, -0.05) is 12.1 Å². The van der Waals surface area contributed by atoms with Gasteiger partial charge in [-0.15, -0.1) is 0 Å². The van der Waals surface area contributed by atoms with Gasteiger partial charge in [-0.3, -0.25) is 24.4 Å². The highest BCUT2D eigenvalue weighted by molar-refractivity contribution is 5.95. The number of aromatic nitrogens is 2. The van der Waals surface area contributed by atoms with Crippen molar-refractivity contribution in [1.82, 2.24) is 14.7 Å². The fourth-order valence-corrected chi connectivity index (χ4v) is 2.72. The maximum absolute atomic E-state index is 12.4. The lowest BCUT2D eigenvalue weighted by atomic mass is 10.1. The van der Waals surface area contributed by atoms with Crippen LogP contribution in [0.4, 0.5) is 11.4 Å². The fraction of sp³-hybridized carbons (Fsp3) is 0.389. The highest BCUT2D eigenvalue weighted by Gasteiger charge is 2.24. The van der Waals surface area contributed by atoms with Crippen molar-refractivity contribution in [3.05, 3.63) is 50.8 Å². The molecule has 1 aromatic heterocycles. The molecule has 9 heteroatoms. The second-order valence-electron chi connectivity index (χ2n) is 6.55. The van der Waals surface area contributed by atoms with Crippen LogP contribution in [0, 0.1) is 37.8 Å². The molecule has 2 amide bonds. The van der Waals surface area contributed by atoms with E-state index in [4.69, 9.17) is 0 Å². The maximum Gasteiger partial charge on any atom is 0.312 e. The number of rotatable bonds is 6. The first kappa shape index (κ1) is 20.1. The Balaban J connectivity index is 2.01. The van der Waals surface area contributed by atoms with Crippen LogP contribution in [0.3, 0.4) is 0 Å². The number of aryl methyl sites for hydroxylation is 3. The zero-order valence-electron chi connectivity index (χ0n) is 16.1. The SMILES string of the molecule is Cc1ccc(C)c(NC(=O)CN(C)C(=O)Cn2nc(C)c([N+](=O)[O-])c2C)c1. The molecule has 0 atom stereocenters. The third-order valence-electron chi connectivity index (χ3n) is 4.28. The highest BCUT2D eigenvalue weighted by Crippen LogP contribution is 2.21. The van der Waals surface area contributed by atoms with E-state index in [0.717, 1.165) is 11.1 Å². The van der Waals surface area contributed by atoms with E-state index in [9.17, 15) is 19.7 Å². The molecule has 2 rings (SSSR count). The molecule has 0 aliphatic heterocycles. The molecule has 9 nitrogen and oxygen atoms in total. The zero-order valence-corrected chi connectivity index (χ0v) is 16.1. The molecule has 144 valence electrons. The van der Waals surface area contributed by atoms with Crippen molar-refractivity contribution in [1.29, 1.82) is 0 Å². The Morgan fingerprint density at radius 2 is 1.93 bits per heavy atom. The van der Waals surface area contributed by atoms with Crippen molar-refractivity contribution >= 4 is 23.2 Å². The van der Waals surface area contributed by atoms with Crippen LogP contribution < -0.4 is 5.32 Å². The van der Waals surface area contributed by atoms with Crippen LogP contribution in [0.1, 0.15) is 22.5 Å². The van der Waals surface area contributed by atoms with Gasteiger partial charge in [-0.05, 0) is 44.9 Å². The van der Waals surface area contributed by atoms with Gasteiger partial charge in [0, 0.05) is 12.7 Å². The fourth-order valence-electron chi connectivity index (χ4n) is 2.72. The summed E-state index contributed by atoms with van der Waals surface area (Å²) in [6.45, 7) is 6.57. The lowest BCUT2D eigenvalue weighted by Crippen LogP contribution is -2.37. The highest BCUT2D eigenvalue weighted by atomic mass is 16.6. The molecule has 0 saturated carbocycles. The number of nitro groups is 1. The first-order valence-electron chi connectivity index (χ1n) is 8.39. The number of likely N-dealkylation sites (N-methyl/N-ethyl adjacent to an activating group) is 1. The molecule has 0 bridgehead atoms. The van der Waals surface area contributed by atoms with E-state index in [1.165, 1.54) is 23.6 Å². The summed E-state index contributed by atoms with van der Waals surface area (Å²) in [4.78, 5) is 36.4. The minimum atomic E-state index is -0.514. The van der Waals surface area contributed by atoms with Crippen molar-refractivity contribution in [2.75, 3.05) is 18.9 Å². The molecule has 0 aliphatic rings. The topological polar surface area (TPSA) is 110 Å². The van der Waals surface area contributed by atoms with E-state index < -0.39 is 4.92 Å². The van der Waals surface area contributed by atoms with Gasteiger partial charge < -0.3 is 10.2 Å². The van der Waals surface area contributed by atoms with Gasteiger partial charge in [0.05, 0.1) is 11.5 Å². The largest absolute Gasteiger partial charge is 0.335 e. The summed E-state index contributed by atoms with van der Waals surface area (Å²) in [7, 11) is 1.51. The number of amides is 2. The molecule has 0 aliphatic carbocycles. The third-order valence-corrected chi connectivity index (χ3v) is 4.28. The lowest BCUT2D eigenvalue weighted by Gasteiger charge is -2.18. The third kappa shape index (κ3) is 4.69. The van der Waals surface area contributed by atoms with Crippen LogP contribution in [0.15, 0.2) is 18.2 Å². The first-order valence-corrected chi connectivity index (χ1v) is 8.39. The van der Waals surface area contributed by atoms with Crippen molar-refractivity contribution < 1.29 is 14.5 Å². The Kier molecular flexibility index (Phi) is 5.94. The number of nitrogens with zero attached hydrogens (tertiary/aromatic N) is 4. The molecule has 1 N–H and O–H groups in total. The minimum absolute atomic E-state index is 0.0990. The van der Waals surface area contributed by atoms with Crippen molar-refractivity contribution in [2.45, 2.75) is 34.2 Å². The van der Waals surface area contributed by atoms with Gasteiger partial charge in [0.2, 0.25) is 11.8 Å². The van der Waals surface area contributed by atoms with Crippen LogP contribution in [-0.2, 0) is 16.1 Å². The molecule has 0 unspecified atom stereocenters. The monoisotopic (exact) mass is 373 g/mol. The number of carbonyl (C=O) groups excluding carboxylic acids is 2.